The monoisotopic (exact) mass is 361 g/mol. The highest BCUT2D eigenvalue weighted by atomic mass is 35.5. The van der Waals surface area contributed by atoms with Gasteiger partial charge < -0.3 is 15.7 Å². The number of aliphatic imine (C=N–C) groups is 1. The summed E-state index contributed by atoms with van der Waals surface area (Å²) in [4.78, 5) is 4.16. The van der Waals surface area contributed by atoms with Crippen LogP contribution in [0.2, 0.25) is 5.02 Å². The van der Waals surface area contributed by atoms with Crippen molar-refractivity contribution in [1.29, 1.82) is 0 Å². The van der Waals surface area contributed by atoms with Crippen LogP contribution in [0.4, 0.5) is 4.39 Å². The van der Waals surface area contributed by atoms with Gasteiger partial charge in [-0.1, -0.05) is 48.0 Å². The standard InChI is InChI=1S/C19H21ClFN3O/c1-22-19(23-11-17(25)12-6-3-2-4-7-12)24-16-10-13(16)18-14(20)8-5-9-15(18)21/h2-9,13,16-17,25H,10-11H2,1H3,(H2,22,23,24). The quantitative estimate of drug-likeness (QED) is 0.566. The Morgan fingerprint density at radius 3 is 2.72 bits per heavy atom. The van der Waals surface area contributed by atoms with Crippen molar-refractivity contribution in [1.82, 2.24) is 10.6 Å². The SMILES string of the molecule is CN=C(NCC(O)c1ccccc1)NC1CC1c1c(F)cccc1Cl. The number of halogens is 2. The Labute approximate surface area is 151 Å². The first kappa shape index (κ1) is 17.7. The Morgan fingerprint density at radius 1 is 1.28 bits per heavy atom. The van der Waals surface area contributed by atoms with Crippen molar-refractivity contribution >= 4 is 17.6 Å². The topological polar surface area (TPSA) is 56.7 Å². The second-order valence-corrected chi connectivity index (χ2v) is 6.52. The van der Waals surface area contributed by atoms with Gasteiger partial charge in [-0.05, 0) is 24.1 Å². The summed E-state index contributed by atoms with van der Waals surface area (Å²) >= 11 is 6.12. The van der Waals surface area contributed by atoms with E-state index < -0.39 is 6.10 Å². The van der Waals surface area contributed by atoms with Crippen molar-refractivity contribution in [2.24, 2.45) is 4.99 Å². The molecule has 3 N–H and O–H groups in total. The van der Waals surface area contributed by atoms with Gasteiger partial charge in [0.2, 0.25) is 0 Å². The Bertz CT molecular complexity index is 733. The lowest BCUT2D eigenvalue weighted by Crippen LogP contribution is -2.40. The molecule has 0 radical (unpaired) electrons. The summed E-state index contributed by atoms with van der Waals surface area (Å²) in [6, 6.07) is 14.3. The molecule has 1 saturated carbocycles. The fourth-order valence-electron chi connectivity index (χ4n) is 2.90. The van der Waals surface area contributed by atoms with Crippen LogP contribution >= 0.6 is 11.6 Å². The van der Waals surface area contributed by atoms with E-state index in [9.17, 15) is 9.50 Å². The third kappa shape index (κ3) is 4.30. The number of hydrogen-bond donors (Lipinski definition) is 3. The summed E-state index contributed by atoms with van der Waals surface area (Å²) in [6.45, 7) is 0.335. The van der Waals surface area contributed by atoms with Crippen molar-refractivity contribution in [2.75, 3.05) is 13.6 Å². The highest BCUT2D eigenvalue weighted by molar-refractivity contribution is 6.31. The molecule has 3 rings (SSSR count). The zero-order chi connectivity index (χ0) is 17.8. The fourth-order valence-corrected chi connectivity index (χ4v) is 3.20. The van der Waals surface area contributed by atoms with Crippen LogP contribution in [-0.4, -0.2) is 30.7 Å². The van der Waals surface area contributed by atoms with E-state index in [-0.39, 0.29) is 17.8 Å². The van der Waals surface area contributed by atoms with Crippen molar-refractivity contribution < 1.29 is 9.50 Å². The first-order chi connectivity index (χ1) is 12.1. The zero-order valence-electron chi connectivity index (χ0n) is 13.9. The van der Waals surface area contributed by atoms with Gasteiger partial charge in [-0.3, -0.25) is 4.99 Å². The summed E-state index contributed by atoms with van der Waals surface area (Å²) < 4.78 is 14.0. The molecule has 3 unspecified atom stereocenters. The van der Waals surface area contributed by atoms with Gasteiger partial charge >= 0.3 is 0 Å². The number of guanidine groups is 1. The number of nitrogens with zero attached hydrogens (tertiary/aromatic N) is 1. The van der Waals surface area contributed by atoms with Crippen LogP contribution in [0.5, 0.6) is 0 Å². The molecule has 0 spiro atoms. The smallest absolute Gasteiger partial charge is 0.191 e. The Morgan fingerprint density at radius 2 is 2.04 bits per heavy atom. The van der Waals surface area contributed by atoms with Gasteiger partial charge in [0.05, 0.1) is 6.10 Å². The second-order valence-electron chi connectivity index (χ2n) is 6.11. The average Bonchev–Trinajstić information content (AvgIpc) is 3.37. The Kier molecular flexibility index (Phi) is 5.56. The third-order valence-corrected chi connectivity index (χ3v) is 4.68. The predicted molar refractivity (Wildman–Crippen MR) is 98.5 cm³/mol. The first-order valence-electron chi connectivity index (χ1n) is 8.24. The van der Waals surface area contributed by atoms with Crippen LogP contribution in [0, 0.1) is 5.82 Å². The Hall–Kier alpha value is -2.11. The van der Waals surface area contributed by atoms with Gasteiger partial charge in [-0.15, -0.1) is 0 Å². The van der Waals surface area contributed by atoms with Gasteiger partial charge in [-0.2, -0.15) is 0 Å². The summed E-state index contributed by atoms with van der Waals surface area (Å²) in [5.74, 6) is 0.338. The molecule has 2 aromatic rings. The van der Waals surface area contributed by atoms with E-state index in [0.717, 1.165) is 12.0 Å². The number of aliphatic hydroxyl groups is 1. The molecule has 0 heterocycles. The molecule has 4 nitrogen and oxygen atoms in total. The minimum atomic E-state index is -0.629. The van der Waals surface area contributed by atoms with Crippen LogP contribution in [0.1, 0.15) is 29.6 Å². The molecule has 6 heteroatoms. The van der Waals surface area contributed by atoms with E-state index in [1.165, 1.54) is 6.07 Å². The van der Waals surface area contributed by atoms with E-state index >= 15 is 0 Å². The van der Waals surface area contributed by atoms with Crippen molar-refractivity contribution in [3.8, 4) is 0 Å². The van der Waals surface area contributed by atoms with Crippen LogP contribution in [0.15, 0.2) is 53.5 Å². The molecule has 0 bridgehead atoms. The molecule has 0 saturated heterocycles. The Balaban J connectivity index is 1.54. The maximum atomic E-state index is 14.0. The first-order valence-corrected chi connectivity index (χ1v) is 8.62. The second kappa shape index (κ2) is 7.85. The van der Waals surface area contributed by atoms with Crippen LogP contribution in [0.3, 0.4) is 0 Å². The summed E-state index contributed by atoms with van der Waals surface area (Å²) in [6.07, 6.45) is 0.165. The maximum absolute atomic E-state index is 14.0. The molecule has 3 atom stereocenters. The molecule has 1 aliphatic carbocycles. The van der Waals surface area contributed by atoms with E-state index in [2.05, 4.69) is 15.6 Å². The molecule has 25 heavy (non-hydrogen) atoms. The van der Waals surface area contributed by atoms with Crippen molar-refractivity contribution in [3.05, 3.63) is 70.5 Å². The minimum absolute atomic E-state index is 0.0336. The summed E-state index contributed by atoms with van der Waals surface area (Å²) in [5.41, 5.74) is 1.40. The third-order valence-electron chi connectivity index (χ3n) is 4.35. The lowest BCUT2D eigenvalue weighted by atomic mass is 10.1. The molecule has 0 aliphatic heterocycles. The lowest BCUT2D eigenvalue weighted by Gasteiger charge is -2.16. The maximum Gasteiger partial charge on any atom is 0.191 e. The number of nitrogens with one attached hydrogen (secondary N) is 2. The molecule has 132 valence electrons. The van der Waals surface area contributed by atoms with Crippen LogP contribution < -0.4 is 10.6 Å². The number of aliphatic hydroxyl groups excluding tert-OH is 1. The molecule has 0 aromatic heterocycles. The van der Waals surface area contributed by atoms with Gasteiger partial charge in [-0.25, -0.2) is 4.39 Å². The van der Waals surface area contributed by atoms with E-state index in [1.807, 2.05) is 30.3 Å². The van der Waals surface area contributed by atoms with Crippen LogP contribution in [0.25, 0.3) is 0 Å². The molecule has 2 aromatic carbocycles. The number of hydrogen-bond acceptors (Lipinski definition) is 2. The van der Waals surface area contributed by atoms with Gasteiger partial charge in [0.1, 0.15) is 5.82 Å². The molecule has 1 aliphatic rings. The summed E-state index contributed by atoms with van der Waals surface area (Å²) in [5, 5.41) is 17.0. The molecular formula is C19H21ClFN3O. The predicted octanol–water partition coefficient (Wildman–Crippen LogP) is 3.23. The zero-order valence-corrected chi connectivity index (χ0v) is 14.7. The van der Waals surface area contributed by atoms with Gasteiger partial charge in [0.25, 0.3) is 0 Å². The molecule has 0 amide bonds. The van der Waals surface area contributed by atoms with Gasteiger partial charge in [0, 0.05) is 36.1 Å². The van der Waals surface area contributed by atoms with E-state index in [4.69, 9.17) is 11.6 Å². The fraction of sp³-hybridized carbons (Fsp3) is 0.316. The van der Waals surface area contributed by atoms with Crippen molar-refractivity contribution in [2.45, 2.75) is 24.5 Å². The molecule has 1 fully saturated rings. The number of rotatable bonds is 5. The van der Waals surface area contributed by atoms with E-state index in [0.29, 0.717) is 23.1 Å². The average molecular weight is 362 g/mol. The highest BCUT2D eigenvalue weighted by Crippen LogP contribution is 2.44. The minimum Gasteiger partial charge on any atom is -0.387 e. The molecular weight excluding hydrogens is 341 g/mol. The van der Waals surface area contributed by atoms with Gasteiger partial charge in [0.15, 0.2) is 5.96 Å². The largest absolute Gasteiger partial charge is 0.387 e. The van der Waals surface area contributed by atoms with E-state index in [1.54, 1.807) is 19.2 Å². The summed E-state index contributed by atoms with van der Waals surface area (Å²) in [7, 11) is 1.66. The van der Waals surface area contributed by atoms with Crippen LogP contribution in [-0.2, 0) is 0 Å². The lowest BCUT2D eigenvalue weighted by molar-refractivity contribution is 0.181. The normalized spacial score (nSPS) is 20.9. The highest BCUT2D eigenvalue weighted by Gasteiger charge is 2.41. The van der Waals surface area contributed by atoms with Crippen molar-refractivity contribution in [3.63, 3.8) is 0 Å². The number of benzene rings is 2.